The van der Waals surface area contributed by atoms with Gasteiger partial charge in [0.25, 0.3) is 0 Å². The molecule has 0 aliphatic rings. The molecule has 0 saturated carbocycles. The highest BCUT2D eigenvalue weighted by atomic mass is 19.4. The molecule has 0 radical (unpaired) electrons. The molecule has 3 aromatic carbocycles. The molecule has 0 fully saturated rings. The predicted octanol–water partition coefficient (Wildman–Crippen LogP) is 5.76. The summed E-state index contributed by atoms with van der Waals surface area (Å²) < 4.78 is 60.7. The van der Waals surface area contributed by atoms with E-state index in [1.54, 1.807) is 18.2 Å². The van der Waals surface area contributed by atoms with Gasteiger partial charge >= 0.3 is 12.4 Å². The molecule has 0 aliphatic carbocycles. The Hall–Kier alpha value is -4.28. The van der Waals surface area contributed by atoms with Crippen LogP contribution in [-0.2, 0) is 0 Å². The number of carbonyl (C=O) groups is 1. The number of alkyl halides is 3. The van der Waals surface area contributed by atoms with Gasteiger partial charge in [0.15, 0.2) is 11.4 Å². The summed E-state index contributed by atoms with van der Waals surface area (Å²) >= 11 is 0. The zero-order valence-electron chi connectivity index (χ0n) is 16.0. The third kappa shape index (κ3) is 4.56. The molecule has 32 heavy (non-hydrogen) atoms. The molecule has 0 aliphatic heterocycles. The van der Waals surface area contributed by atoms with Crippen molar-refractivity contribution in [3.63, 3.8) is 0 Å². The number of nitrogens with two attached hydrogens (primary N) is 1. The van der Waals surface area contributed by atoms with Gasteiger partial charge in [0.1, 0.15) is 11.6 Å². The van der Waals surface area contributed by atoms with Crippen LogP contribution in [-0.4, -0.2) is 17.6 Å². The number of nitrogens with zero attached hydrogens (tertiary/aromatic N) is 1. The Bertz CT molecular complexity index is 1300. The molecule has 1 heterocycles. The van der Waals surface area contributed by atoms with E-state index in [1.165, 1.54) is 24.3 Å². The monoisotopic (exact) mass is 446 g/mol. The van der Waals surface area contributed by atoms with Crippen molar-refractivity contribution in [2.24, 2.45) is 0 Å². The Kier molecular flexibility index (Phi) is 5.31. The van der Waals surface area contributed by atoms with Crippen molar-refractivity contribution in [2.75, 3.05) is 16.4 Å². The number of carbonyl (C=O) groups excluding carboxylic acids is 1. The van der Waals surface area contributed by atoms with Gasteiger partial charge in [-0.3, -0.25) is 0 Å². The van der Waals surface area contributed by atoms with Crippen LogP contribution in [0.4, 0.5) is 39.5 Å². The second kappa shape index (κ2) is 8.10. The van der Waals surface area contributed by atoms with E-state index in [2.05, 4.69) is 20.5 Å². The number of nitrogen functional groups attached to an aromatic ring is 1. The molecule has 4 rings (SSSR count). The number of halogens is 4. The molecule has 11 heteroatoms. The van der Waals surface area contributed by atoms with Crippen molar-refractivity contribution in [1.82, 2.24) is 5.16 Å². The van der Waals surface area contributed by atoms with Gasteiger partial charge in [0.2, 0.25) is 0 Å². The Labute approximate surface area is 177 Å². The highest BCUT2D eigenvalue weighted by molar-refractivity contribution is 6.02. The van der Waals surface area contributed by atoms with Gasteiger partial charge in [-0.15, -0.1) is 13.2 Å². The molecule has 7 nitrogen and oxygen atoms in total. The minimum Gasteiger partial charge on any atom is -0.406 e. The maximum Gasteiger partial charge on any atom is 0.573 e. The molecular formula is C21H14F4N4O3. The summed E-state index contributed by atoms with van der Waals surface area (Å²) in [6.07, 6.45) is -4.86. The van der Waals surface area contributed by atoms with E-state index in [9.17, 15) is 22.4 Å². The summed E-state index contributed by atoms with van der Waals surface area (Å²) in [6.45, 7) is 0. The van der Waals surface area contributed by atoms with Crippen molar-refractivity contribution in [1.29, 1.82) is 0 Å². The van der Waals surface area contributed by atoms with E-state index < -0.39 is 24.0 Å². The van der Waals surface area contributed by atoms with Gasteiger partial charge in [0, 0.05) is 23.0 Å². The Balaban J connectivity index is 1.50. The highest BCUT2D eigenvalue weighted by Gasteiger charge is 2.31. The number of hydrogen-bond acceptors (Lipinski definition) is 5. The maximum atomic E-state index is 14.8. The van der Waals surface area contributed by atoms with E-state index in [-0.39, 0.29) is 22.8 Å². The minimum absolute atomic E-state index is 0.0518. The van der Waals surface area contributed by atoms with Crippen molar-refractivity contribution in [2.45, 2.75) is 6.36 Å². The standard InChI is InChI=1S/C21H14F4N4O3/c22-16-10-12(7-8-14(16)15-5-2-6-17-18(15)19(26)29-32-17)28-20(30)27-11-3-1-4-13(9-11)31-21(23,24)25/h1-10H,(H2,26,29)(H2,27,28,30). The maximum absolute atomic E-state index is 14.8. The number of rotatable bonds is 4. The lowest BCUT2D eigenvalue weighted by atomic mass is 10.0. The summed E-state index contributed by atoms with van der Waals surface area (Å²) in [4.78, 5) is 12.2. The SMILES string of the molecule is Nc1noc2cccc(-c3ccc(NC(=O)Nc4cccc(OC(F)(F)F)c4)cc3F)c12. The first kappa shape index (κ1) is 21.0. The van der Waals surface area contributed by atoms with Gasteiger partial charge in [-0.2, -0.15) is 0 Å². The number of anilines is 3. The van der Waals surface area contributed by atoms with E-state index in [0.717, 1.165) is 18.2 Å². The number of benzene rings is 3. The van der Waals surface area contributed by atoms with Crippen LogP contribution in [0.2, 0.25) is 0 Å². The first-order valence-corrected chi connectivity index (χ1v) is 9.07. The number of aromatic nitrogens is 1. The third-order valence-electron chi connectivity index (χ3n) is 4.37. The Morgan fingerprint density at radius 1 is 0.969 bits per heavy atom. The molecule has 0 unspecified atom stereocenters. The van der Waals surface area contributed by atoms with Gasteiger partial charge in [-0.1, -0.05) is 23.4 Å². The molecule has 2 amide bonds. The molecule has 4 N–H and O–H groups in total. The van der Waals surface area contributed by atoms with Gasteiger partial charge in [-0.25, -0.2) is 9.18 Å². The summed E-state index contributed by atoms with van der Waals surface area (Å²) in [5, 5.41) is 8.91. The average Bonchev–Trinajstić information content (AvgIpc) is 3.08. The van der Waals surface area contributed by atoms with E-state index in [4.69, 9.17) is 10.3 Å². The fraction of sp³-hybridized carbons (Fsp3) is 0.0476. The fourth-order valence-corrected chi connectivity index (χ4v) is 3.12. The topological polar surface area (TPSA) is 102 Å². The van der Waals surface area contributed by atoms with Crippen LogP contribution in [0.3, 0.4) is 0 Å². The number of urea groups is 1. The number of amides is 2. The Morgan fingerprint density at radius 3 is 2.41 bits per heavy atom. The van der Waals surface area contributed by atoms with Crippen LogP contribution in [0.25, 0.3) is 22.1 Å². The number of hydrogen-bond donors (Lipinski definition) is 3. The second-order valence-electron chi connectivity index (χ2n) is 6.60. The molecule has 1 aromatic heterocycles. The largest absolute Gasteiger partial charge is 0.573 e. The predicted molar refractivity (Wildman–Crippen MR) is 110 cm³/mol. The van der Waals surface area contributed by atoms with Crippen LogP contribution >= 0.6 is 0 Å². The molecule has 0 spiro atoms. The van der Waals surface area contributed by atoms with Crippen LogP contribution in [0.1, 0.15) is 0 Å². The lowest BCUT2D eigenvalue weighted by molar-refractivity contribution is -0.274. The normalized spacial score (nSPS) is 11.4. The first-order chi connectivity index (χ1) is 15.2. The number of nitrogens with one attached hydrogen (secondary N) is 2. The lowest BCUT2D eigenvalue weighted by Gasteiger charge is -2.12. The van der Waals surface area contributed by atoms with Crippen molar-refractivity contribution in [3.05, 3.63) is 66.5 Å². The van der Waals surface area contributed by atoms with Gasteiger partial charge < -0.3 is 25.6 Å². The summed E-state index contributed by atoms with van der Waals surface area (Å²) in [6, 6.07) is 12.9. The minimum atomic E-state index is -4.86. The third-order valence-corrected chi connectivity index (χ3v) is 4.37. The average molecular weight is 446 g/mol. The van der Waals surface area contributed by atoms with Gasteiger partial charge in [0.05, 0.1) is 5.39 Å². The van der Waals surface area contributed by atoms with Crippen LogP contribution < -0.4 is 21.1 Å². The summed E-state index contributed by atoms with van der Waals surface area (Å²) in [7, 11) is 0. The second-order valence-corrected chi connectivity index (χ2v) is 6.60. The van der Waals surface area contributed by atoms with Crippen LogP contribution in [0.15, 0.2) is 65.2 Å². The van der Waals surface area contributed by atoms with Crippen LogP contribution in [0.5, 0.6) is 5.75 Å². The summed E-state index contributed by atoms with van der Waals surface area (Å²) in [5.74, 6) is -1.02. The molecule has 0 saturated heterocycles. The fourth-order valence-electron chi connectivity index (χ4n) is 3.12. The molecule has 4 aromatic rings. The van der Waals surface area contributed by atoms with Crippen molar-refractivity contribution >= 4 is 34.2 Å². The smallest absolute Gasteiger partial charge is 0.406 e. The highest BCUT2D eigenvalue weighted by Crippen LogP contribution is 2.34. The Morgan fingerprint density at radius 2 is 1.69 bits per heavy atom. The van der Waals surface area contributed by atoms with Crippen molar-refractivity contribution in [3.8, 4) is 16.9 Å². The first-order valence-electron chi connectivity index (χ1n) is 9.07. The number of ether oxygens (including phenoxy) is 1. The molecular weight excluding hydrogens is 432 g/mol. The number of fused-ring (bicyclic) bond motifs is 1. The van der Waals surface area contributed by atoms with Gasteiger partial charge in [-0.05, 0) is 42.0 Å². The quantitative estimate of drug-likeness (QED) is 0.346. The molecule has 0 atom stereocenters. The van der Waals surface area contributed by atoms with E-state index in [0.29, 0.717) is 16.5 Å². The van der Waals surface area contributed by atoms with E-state index in [1.807, 2.05) is 0 Å². The zero-order chi connectivity index (χ0) is 22.9. The zero-order valence-corrected chi connectivity index (χ0v) is 16.0. The van der Waals surface area contributed by atoms with Crippen LogP contribution in [0, 0.1) is 5.82 Å². The lowest BCUT2D eigenvalue weighted by Crippen LogP contribution is -2.20. The van der Waals surface area contributed by atoms with E-state index >= 15 is 0 Å². The van der Waals surface area contributed by atoms with Crippen molar-refractivity contribution < 1.29 is 31.6 Å². The molecule has 0 bridgehead atoms. The molecule has 164 valence electrons. The summed E-state index contributed by atoms with van der Waals surface area (Å²) in [5.41, 5.74) is 7.07.